The van der Waals surface area contributed by atoms with E-state index in [0.29, 0.717) is 12.1 Å². The Bertz CT molecular complexity index is 221. The van der Waals surface area contributed by atoms with Gasteiger partial charge in [0, 0.05) is 19.1 Å². The molecule has 80 valence electrons. The number of amides is 2. The molecule has 0 aliphatic heterocycles. The van der Waals surface area contributed by atoms with Crippen molar-refractivity contribution in [1.82, 2.24) is 10.2 Å². The number of carbonyl (C=O) groups is 1. The fourth-order valence-electron chi connectivity index (χ4n) is 1.91. The quantitative estimate of drug-likeness (QED) is 0.735. The summed E-state index contributed by atoms with van der Waals surface area (Å²) in [7, 11) is 1.91. The van der Waals surface area contributed by atoms with Crippen molar-refractivity contribution in [3.8, 4) is 0 Å². The minimum absolute atomic E-state index is 0.120. The number of hydrogen-bond donors (Lipinski definition) is 1. The lowest BCUT2D eigenvalue weighted by Gasteiger charge is -2.31. The molecule has 2 fully saturated rings. The number of carbonyl (C=O) groups excluding carboxylic acids is 1. The van der Waals surface area contributed by atoms with E-state index in [9.17, 15) is 4.79 Å². The number of rotatable bonds is 3. The Hall–Kier alpha value is -0.730. The lowest BCUT2D eigenvalue weighted by molar-refractivity contribution is 0.177. The second-order valence-electron chi connectivity index (χ2n) is 4.77. The summed E-state index contributed by atoms with van der Waals surface area (Å²) in [6, 6.07) is 0.987. The molecule has 2 amide bonds. The molecule has 1 unspecified atom stereocenters. The molecule has 0 aromatic carbocycles. The molecule has 0 aromatic heterocycles. The molecule has 0 spiro atoms. The summed E-state index contributed by atoms with van der Waals surface area (Å²) in [4.78, 5) is 13.6. The Morgan fingerprint density at radius 2 is 2.00 bits per heavy atom. The molecular formula is C11H20N2O. The number of nitrogens with zero attached hydrogens (tertiary/aromatic N) is 1. The van der Waals surface area contributed by atoms with Gasteiger partial charge in [0.1, 0.15) is 0 Å². The predicted molar refractivity (Wildman–Crippen MR) is 56.1 cm³/mol. The molecule has 0 aromatic rings. The van der Waals surface area contributed by atoms with E-state index in [1.165, 1.54) is 19.3 Å². The van der Waals surface area contributed by atoms with Crippen molar-refractivity contribution in [3.63, 3.8) is 0 Å². The van der Waals surface area contributed by atoms with Crippen molar-refractivity contribution < 1.29 is 4.79 Å². The van der Waals surface area contributed by atoms with E-state index in [1.54, 1.807) is 0 Å². The first kappa shape index (κ1) is 9.81. The second-order valence-corrected chi connectivity index (χ2v) is 4.77. The number of urea groups is 1. The summed E-state index contributed by atoms with van der Waals surface area (Å²) in [5.41, 5.74) is 0. The van der Waals surface area contributed by atoms with Crippen molar-refractivity contribution in [3.05, 3.63) is 0 Å². The van der Waals surface area contributed by atoms with Crippen LogP contribution in [0.3, 0.4) is 0 Å². The van der Waals surface area contributed by atoms with Crippen LogP contribution in [0.4, 0.5) is 4.79 Å². The lowest BCUT2D eigenvalue weighted by atomic mass is 9.93. The van der Waals surface area contributed by atoms with E-state index in [-0.39, 0.29) is 6.03 Å². The van der Waals surface area contributed by atoms with E-state index in [0.717, 1.165) is 18.8 Å². The van der Waals surface area contributed by atoms with Crippen molar-refractivity contribution in [2.24, 2.45) is 5.92 Å². The number of hydrogen-bond acceptors (Lipinski definition) is 1. The van der Waals surface area contributed by atoms with Gasteiger partial charge in [-0.3, -0.25) is 0 Å². The third-order valence-electron chi connectivity index (χ3n) is 3.67. The van der Waals surface area contributed by atoms with Crippen LogP contribution < -0.4 is 5.32 Å². The van der Waals surface area contributed by atoms with Crippen LogP contribution in [0.5, 0.6) is 0 Å². The second kappa shape index (κ2) is 3.79. The molecule has 0 heterocycles. The van der Waals surface area contributed by atoms with Gasteiger partial charge < -0.3 is 10.2 Å². The average Bonchev–Trinajstić information content (AvgIpc) is 2.91. The van der Waals surface area contributed by atoms with Crippen LogP contribution in [0.1, 0.15) is 39.0 Å². The summed E-state index contributed by atoms with van der Waals surface area (Å²) < 4.78 is 0. The summed E-state index contributed by atoms with van der Waals surface area (Å²) in [6.07, 6.45) is 6.19. The first-order valence-electron chi connectivity index (χ1n) is 5.72. The minimum Gasteiger partial charge on any atom is -0.335 e. The van der Waals surface area contributed by atoms with Crippen molar-refractivity contribution in [1.29, 1.82) is 0 Å². The van der Waals surface area contributed by atoms with Crippen LogP contribution in [0.15, 0.2) is 0 Å². The van der Waals surface area contributed by atoms with Gasteiger partial charge in [0.15, 0.2) is 0 Å². The fourth-order valence-corrected chi connectivity index (χ4v) is 1.91. The van der Waals surface area contributed by atoms with Crippen LogP contribution in [0.25, 0.3) is 0 Å². The highest BCUT2D eigenvalue weighted by Gasteiger charge is 2.33. The van der Waals surface area contributed by atoms with Gasteiger partial charge in [-0.05, 0) is 44.9 Å². The molecule has 0 radical (unpaired) electrons. The molecule has 3 heteroatoms. The molecule has 14 heavy (non-hydrogen) atoms. The van der Waals surface area contributed by atoms with Crippen LogP contribution >= 0.6 is 0 Å². The Balaban J connectivity index is 1.76. The number of nitrogens with one attached hydrogen (secondary N) is 1. The Labute approximate surface area is 85.8 Å². The van der Waals surface area contributed by atoms with Gasteiger partial charge >= 0.3 is 6.03 Å². The molecule has 2 aliphatic carbocycles. The van der Waals surface area contributed by atoms with Crippen molar-refractivity contribution in [2.75, 3.05) is 7.05 Å². The molecule has 0 bridgehead atoms. The van der Waals surface area contributed by atoms with E-state index < -0.39 is 0 Å². The highest BCUT2D eigenvalue weighted by Crippen LogP contribution is 2.34. The van der Waals surface area contributed by atoms with Gasteiger partial charge in [-0.25, -0.2) is 4.79 Å². The molecular weight excluding hydrogens is 176 g/mol. The average molecular weight is 196 g/mol. The summed E-state index contributed by atoms with van der Waals surface area (Å²) >= 11 is 0. The zero-order valence-corrected chi connectivity index (χ0v) is 9.12. The highest BCUT2D eigenvalue weighted by atomic mass is 16.2. The SMILES string of the molecule is CC(C1CC1)N(C)C(=O)NC1CCC1. The monoisotopic (exact) mass is 196 g/mol. The zero-order chi connectivity index (χ0) is 10.1. The standard InChI is InChI=1S/C11H20N2O/c1-8(9-6-7-9)13(2)11(14)12-10-4-3-5-10/h8-10H,3-7H2,1-2H3,(H,12,14). The van der Waals surface area contributed by atoms with Gasteiger partial charge in [-0.1, -0.05) is 0 Å². The first-order valence-corrected chi connectivity index (χ1v) is 5.72. The third kappa shape index (κ3) is 2.02. The minimum atomic E-state index is 0.120. The Morgan fingerprint density at radius 1 is 1.36 bits per heavy atom. The maximum absolute atomic E-state index is 11.7. The highest BCUT2D eigenvalue weighted by molar-refractivity contribution is 5.74. The third-order valence-corrected chi connectivity index (χ3v) is 3.67. The Morgan fingerprint density at radius 3 is 2.43 bits per heavy atom. The molecule has 2 aliphatic rings. The molecule has 3 nitrogen and oxygen atoms in total. The molecule has 2 rings (SSSR count). The smallest absolute Gasteiger partial charge is 0.317 e. The van der Waals surface area contributed by atoms with Gasteiger partial charge in [0.25, 0.3) is 0 Å². The summed E-state index contributed by atoms with van der Waals surface area (Å²) in [5, 5.41) is 3.07. The van der Waals surface area contributed by atoms with Crippen LogP contribution in [-0.2, 0) is 0 Å². The topological polar surface area (TPSA) is 32.3 Å². The van der Waals surface area contributed by atoms with Crippen LogP contribution in [0.2, 0.25) is 0 Å². The van der Waals surface area contributed by atoms with E-state index in [4.69, 9.17) is 0 Å². The Kier molecular flexibility index (Phi) is 2.66. The van der Waals surface area contributed by atoms with Gasteiger partial charge in [-0.2, -0.15) is 0 Å². The molecule has 1 atom stereocenters. The lowest BCUT2D eigenvalue weighted by Crippen LogP contribution is -2.49. The van der Waals surface area contributed by atoms with Gasteiger partial charge in [0.05, 0.1) is 0 Å². The van der Waals surface area contributed by atoms with Crippen molar-refractivity contribution in [2.45, 2.75) is 51.1 Å². The van der Waals surface area contributed by atoms with Gasteiger partial charge in [0.2, 0.25) is 0 Å². The maximum atomic E-state index is 11.7. The molecule has 2 saturated carbocycles. The first-order chi connectivity index (χ1) is 6.68. The molecule has 0 saturated heterocycles. The van der Waals surface area contributed by atoms with Crippen molar-refractivity contribution >= 4 is 6.03 Å². The fraction of sp³-hybridized carbons (Fsp3) is 0.909. The van der Waals surface area contributed by atoms with Gasteiger partial charge in [-0.15, -0.1) is 0 Å². The van der Waals surface area contributed by atoms with Crippen LogP contribution in [0, 0.1) is 5.92 Å². The van der Waals surface area contributed by atoms with Crippen LogP contribution in [-0.4, -0.2) is 30.1 Å². The predicted octanol–water partition coefficient (Wildman–Crippen LogP) is 1.98. The van der Waals surface area contributed by atoms with E-state index in [2.05, 4.69) is 12.2 Å². The largest absolute Gasteiger partial charge is 0.335 e. The van der Waals surface area contributed by atoms with E-state index >= 15 is 0 Å². The summed E-state index contributed by atoms with van der Waals surface area (Å²) in [5.74, 6) is 0.757. The zero-order valence-electron chi connectivity index (χ0n) is 9.12. The normalized spacial score (nSPS) is 23.9. The maximum Gasteiger partial charge on any atom is 0.317 e. The van der Waals surface area contributed by atoms with E-state index in [1.807, 2.05) is 11.9 Å². The molecule has 1 N–H and O–H groups in total. The summed E-state index contributed by atoms with van der Waals surface area (Å²) in [6.45, 7) is 2.15.